The average molecular weight is 347 g/mol. The minimum atomic E-state index is -2.64. The Kier molecular flexibility index (Phi) is 3.83. The van der Waals surface area contributed by atoms with Crippen molar-refractivity contribution in [3.63, 3.8) is 0 Å². The van der Waals surface area contributed by atoms with Crippen LogP contribution in [-0.2, 0) is 20.0 Å². The van der Waals surface area contributed by atoms with Crippen molar-refractivity contribution in [2.75, 3.05) is 26.7 Å². The average Bonchev–Trinajstić information content (AvgIpc) is 2.86. The van der Waals surface area contributed by atoms with Crippen LogP contribution in [-0.4, -0.2) is 52.9 Å². The molecule has 0 spiro atoms. The largest absolute Gasteiger partial charge is 0.347 e. The molecule has 0 bridgehead atoms. The van der Waals surface area contributed by atoms with Gasteiger partial charge in [-0.05, 0) is 30.8 Å². The SMILES string of the molecule is CN1CCc2c(c3cc(C(=O)N4CCC(F)(F)CC4)ccc3n2C)C1. The van der Waals surface area contributed by atoms with Crippen LogP contribution in [0.15, 0.2) is 18.2 Å². The second kappa shape index (κ2) is 5.80. The second-order valence-electron chi connectivity index (χ2n) is 7.35. The lowest BCUT2D eigenvalue weighted by Crippen LogP contribution is -2.42. The van der Waals surface area contributed by atoms with Crippen molar-refractivity contribution in [3.05, 3.63) is 35.0 Å². The molecule has 1 aromatic carbocycles. The Morgan fingerprint density at radius 1 is 1.12 bits per heavy atom. The summed E-state index contributed by atoms with van der Waals surface area (Å²) >= 11 is 0. The molecule has 1 amide bonds. The maximum absolute atomic E-state index is 13.3. The van der Waals surface area contributed by atoms with Crippen LogP contribution >= 0.6 is 0 Å². The van der Waals surface area contributed by atoms with Crippen molar-refractivity contribution >= 4 is 16.8 Å². The van der Waals surface area contributed by atoms with Gasteiger partial charge < -0.3 is 14.4 Å². The summed E-state index contributed by atoms with van der Waals surface area (Å²) < 4.78 is 28.9. The standard InChI is InChI=1S/C19H23F2N3O/c1-22-8-5-17-15(12-22)14-11-13(3-4-16(14)23(17)2)18(25)24-9-6-19(20,21)7-10-24/h3-4,11H,5-10,12H2,1-2H3. The summed E-state index contributed by atoms with van der Waals surface area (Å²) in [5.41, 5.74) is 4.34. The molecule has 0 aliphatic carbocycles. The Bertz CT molecular complexity index is 833. The molecular weight excluding hydrogens is 324 g/mol. The minimum Gasteiger partial charge on any atom is -0.347 e. The lowest BCUT2D eigenvalue weighted by atomic mass is 10.0. The number of likely N-dealkylation sites (tertiary alicyclic amines) is 1. The third kappa shape index (κ3) is 2.82. The van der Waals surface area contributed by atoms with Crippen LogP contribution in [0, 0.1) is 0 Å². The van der Waals surface area contributed by atoms with Gasteiger partial charge in [-0.1, -0.05) is 0 Å². The van der Waals surface area contributed by atoms with E-state index in [2.05, 4.69) is 23.6 Å². The number of hydrogen-bond donors (Lipinski definition) is 0. The van der Waals surface area contributed by atoms with E-state index in [1.807, 2.05) is 18.2 Å². The van der Waals surface area contributed by atoms with Crippen LogP contribution in [0.5, 0.6) is 0 Å². The molecule has 134 valence electrons. The quantitative estimate of drug-likeness (QED) is 0.793. The van der Waals surface area contributed by atoms with Gasteiger partial charge in [0.25, 0.3) is 11.8 Å². The van der Waals surface area contributed by atoms with Crippen molar-refractivity contribution in [1.29, 1.82) is 0 Å². The third-order valence-electron chi connectivity index (χ3n) is 5.62. The van der Waals surface area contributed by atoms with E-state index in [4.69, 9.17) is 0 Å². The van der Waals surface area contributed by atoms with E-state index < -0.39 is 5.92 Å². The molecule has 25 heavy (non-hydrogen) atoms. The number of carbonyl (C=O) groups excluding carboxylic acids is 1. The molecule has 1 saturated heterocycles. The molecule has 1 fully saturated rings. The second-order valence-corrected chi connectivity index (χ2v) is 7.35. The molecule has 0 atom stereocenters. The highest BCUT2D eigenvalue weighted by molar-refractivity contribution is 5.99. The Hall–Kier alpha value is -1.95. The Morgan fingerprint density at radius 2 is 1.84 bits per heavy atom. The van der Waals surface area contributed by atoms with E-state index in [1.54, 1.807) is 4.90 Å². The van der Waals surface area contributed by atoms with Crippen LogP contribution in [0.25, 0.3) is 10.9 Å². The number of aryl methyl sites for hydroxylation is 1. The van der Waals surface area contributed by atoms with Gasteiger partial charge in [0, 0.05) is 74.6 Å². The van der Waals surface area contributed by atoms with E-state index in [9.17, 15) is 13.6 Å². The summed E-state index contributed by atoms with van der Waals surface area (Å²) in [6.07, 6.45) is 0.514. The topological polar surface area (TPSA) is 28.5 Å². The lowest BCUT2D eigenvalue weighted by molar-refractivity contribution is -0.0494. The zero-order valence-electron chi connectivity index (χ0n) is 14.7. The molecule has 0 N–H and O–H groups in total. The highest BCUT2D eigenvalue weighted by Gasteiger charge is 2.36. The number of benzene rings is 1. The monoisotopic (exact) mass is 347 g/mol. The molecule has 0 saturated carbocycles. The van der Waals surface area contributed by atoms with Gasteiger partial charge in [0.2, 0.25) is 0 Å². The van der Waals surface area contributed by atoms with Gasteiger partial charge in [-0.15, -0.1) is 0 Å². The van der Waals surface area contributed by atoms with Crippen LogP contribution < -0.4 is 0 Å². The Morgan fingerprint density at radius 3 is 2.56 bits per heavy atom. The van der Waals surface area contributed by atoms with E-state index >= 15 is 0 Å². The molecule has 4 nitrogen and oxygen atoms in total. The normalized spacial score (nSPS) is 20.7. The van der Waals surface area contributed by atoms with Crippen molar-refractivity contribution in [1.82, 2.24) is 14.4 Å². The summed E-state index contributed by atoms with van der Waals surface area (Å²) in [5, 5.41) is 1.11. The number of piperidine rings is 1. The molecule has 3 heterocycles. The fraction of sp³-hybridized carbons (Fsp3) is 0.526. The highest BCUT2D eigenvalue weighted by Crippen LogP contribution is 2.32. The van der Waals surface area contributed by atoms with Crippen LogP contribution in [0.1, 0.15) is 34.5 Å². The summed E-state index contributed by atoms with van der Waals surface area (Å²) in [7, 11) is 4.17. The first-order valence-electron chi connectivity index (χ1n) is 8.81. The molecule has 2 aromatic rings. The van der Waals surface area contributed by atoms with E-state index in [-0.39, 0.29) is 31.8 Å². The number of likely N-dealkylation sites (N-methyl/N-ethyl adjacent to an activating group) is 1. The predicted molar refractivity (Wildman–Crippen MR) is 93.0 cm³/mol. The number of aromatic nitrogens is 1. The van der Waals surface area contributed by atoms with Crippen LogP contribution in [0.4, 0.5) is 8.78 Å². The lowest BCUT2D eigenvalue weighted by Gasteiger charge is -2.31. The number of hydrogen-bond acceptors (Lipinski definition) is 2. The number of carbonyl (C=O) groups is 1. The number of amides is 1. The molecule has 2 aliphatic rings. The number of rotatable bonds is 1. The van der Waals surface area contributed by atoms with Crippen LogP contribution in [0.3, 0.4) is 0 Å². The van der Waals surface area contributed by atoms with E-state index in [0.717, 1.165) is 30.4 Å². The molecule has 1 aromatic heterocycles. The van der Waals surface area contributed by atoms with Gasteiger partial charge in [0.15, 0.2) is 0 Å². The maximum atomic E-state index is 13.3. The van der Waals surface area contributed by atoms with Crippen molar-refractivity contribution in [2.45, 2.75) is 31.7 Å². The summed E-state index contributed by atoms with van der Waals surface area (Å²) in [6.45, 7) is 2.16. The Balaban J connectivity index is 1.67. The van der Waals surface area contributed by atoms with Crippen molar-refractivity contribution in [2.24, 2.45) is 7.05 Å². The first-order chi connectivity index (χ1) is 11.9. The van der Waals surface area contributed by atoms with Gasteiger partial charge in [-0.3, -0.25) is 4.79 Å². The summed E-state index contributed by atoms with van der Waals surface area (Å²) in [4.78, 5) is 16.6. The Labute approximate surface area is 146 Å². The van der Waals surface area contributed by atoms with E-state index in [0.29, 0.717) is 5.56 Å². The van der Waals surface area contributed by atoms with Gasteiger partial charge in [-0.25, -0.2) is 8.78 Å². The first-order valence-corrected chi connectivity index (χ1v) is 8.81. The zero-order chi connectivity index (χ0) is 17.8. The fourth-order valence-electron chi connectivity index (χ4n) is 4.07. The molecular formula is C19H23F2N3O. The fourth-order valence-corrected chi connectivity index (χ4v) is 4.07. The van der Waals surface area contributed by atoms with Gasteiger partial charge in [0.1, 0.15) is 0 Å². The molecule has 0 unspecified atom stereocenters. The summed E-state index contributed by atoms with van der Waals surface area (Å²) in [5.74, 6) is -2.77. The number of halogens is 2. The molecule has 2 aliphatic heterocycles. The van der Waals surface area contributed by atoms with Gasteiger partial charge in [0.05, 0.1) is 0 Å². The molecule has 0 radical (unpaired) electrons. The van der Waals surface area contributed by atoms with Gasteiger partial charge >= 0.3 is 0 Å². The smallest absolute Gasteiger partial charge is 0.253 e. The number of fused-ring (bicyclic) bond motifs is 3. The first kappa shape index (κ1) is 16.5. The predicted octanol–water partition coefficient (Wildman–Crippen LogP) is 3.04. The molecule has 4 rings (SSSR count). The number of nitrogens with zero attached hydrogens (tertiary/aromatic N) is 3. The van der Waals surface area contributed by atoms with E-state index in [1.165, 1.54) is 11.3 Å². The van der Waals surface area contributed by atoms with Crippen LogP contribution in [0.2, 0.25) is 0 Å². The minimum absolute atomic E-state index is 0.125. The third-order valence-corrected chi connectivity index (χ3v) is 5.62. The number of alkyl halides is 2. The van der Waals surface area contributed by atoms with Crippen molar-refractivity contribution < 1.29 is 13.6 Å². The zero-order valence-corrected chi connectivity index (χ0v) is 14.7. The van der Waals surface area contributed by atoms with Crippen molar-refractivity contribution in [3.8, 4) is 0 Å². The maximum Gasteiger partial charge on any atom is 0.253 e. The molecule has 6 heteroatoms. The highest BCUT2D eigenvalue weighted by atomic mass is 19.3. The summed E-state index contributed by atoms with van der Waals surface area (Å²) in [6, 6.07) is 5.76. The van der Waals surface area contributed by atoms with Gasteiger partial charge in [-0.2, -0.15) is 0 Å².